The van der Waals surface area contributed by atoms with Crippen molar-refractivity contribution in [2.45, 2.75) is 24.6 Å². The zero-order chi connectivity index (χ0) is 9.71. The van der Waals surface area contributed by atoms with Gasteiger partial charge in [-0.15, -0.1) is 22.9 Å². The summed E-state index contributed by atoms with van der Waals surface area (Å²) < 4.78 is 0. The van der Waals surface area contributed by atoms with Crippen molar-refractivity contribution in [3.05, 3.63) is 21.3 Å². The van der Waals surface area contributed by atoms with E-state index >= 15 is 0 Å². The summed E-state index contributed by atoms with van der Waals surface area (Å²) in [6, 6.07) is 1.95. The van der Waals surface area contributed by atoms with Crippen molar-refractivity contribution < 1.29 is 0 Å². The molecule has 14 heavy (non-hydrogen) atoms. The first kappa shape index (κ1) is 9.50. The van der Waals surface area contributed by atoms with E-state index in [1.54, 1.807) is 11.3 Å². The zero-order valence-electron chi connectivity index (χ0n) is 7.75. The molecule has 1 aromatic rings. The second-order valence-corrected chi connectivity index (χ2v) is 6.35. The largest absolute Gasteiger partial charge is 0.146 e. The van der Waals surface area contributed by atoms with E-state index in [-0.39, 0.29) is 5.38 Å². The molecule has 0 amide bonds. The minimum Gasteiger partial charge on any atom is -0.146 e. The van der Waals surface area contributed by atoms with E-state index in [0.717, 1.165) is 16.9 Å². The zero-order valence-corrected chi connectivity index (χ0v) is 10.1. The number of fused-ring (bicyclic) bond motifs is 1. The number of halogens is 2. The number of thiophene rings is 1. The fourth-order valence-corrected chi connectivity index (χ4v) is 4.49. The van der Waals surface area contributed by atoms with E-state index in [1.807, 2.05) is 11.4 Å². The summed E-state index contributed by atoms with van der Waals surface area (Å²) in [5, 5.41) is 3.05. The van der Waals surface area contributed by atoms with Crippen molar-refractivity contribution in [1.29, 1.82) is 0 Å². The molecule has 0 spiro atoms. The van der Waals surface area contributed by atoms with Crippen molar-refractivity contribution in [1.82, 2.24) is 0 Å². The Morgan fingerprint density at radius 1 is 1.29 bits per heavy atom. The Labute approximate surface area is 98.2 Å². The smallest absolute Gasteiger partial charge is 0.0721 e. The molecule has 0 bridgehead atoms. The van der Waals surface area contributed by atoms with E-state index in [4.69, 9.17) is 23.2 Å². The number of rotatable bonds is 2. The summed E-state index contributed by atoms with van der Waals surface area (Å²) in [4.78, 5) is 1.18. The standard InChI is InChI=1S/C11H12Cl2S/c12-9-1-2-14-11(9)10(13)8-4-6-3-7(6)5-8/h1-2,6-8,10H,3-5H2. The van der Waals surface area contributed by atoms with Gasteiger partial charge in [-0.1, -0.05) is 11.6 Å². The normalized spacial score (nSPS) is 36.9. The summed E-state index contributed by atoms with van der Waals surface area (Å²) >= 11 is 14.3. The van der Waals surface area contributed by atoms with Crippen LogP contribution in [0.4, 0.5) is 0 Å². The van der Waals surface area contributed by atoms with Crippen molar-refractivity contribution in [2.24, 2.45) is 17.8 Å². The van der Waals surface area contributed by atoms with E-state index in [0.29, 0.717) is 5.92 Å². The molecule has 0 aliphatic heterocycles. The highest BCUT2D eigenvalue weighted by Crippen LogP contribution is 2.59. The van der Waals surface area contributed by atoms with Gasteiger partial charge in [0, 0.05) is 4.88 Å². The molecule has 0 aromatic carbocycles. The molecule has 2 aliphatic rings. The molecule has 2 saturated carbocycles. The molecule has 3 rings (SSSR count). The number of alkyl halides is 1. The maximum absolute atomic E-state index is 6.47. The second kappa shape index (κ2) is 3.40. The van der Waals surface area contributed by atoms with Crippen LogP contribution in [0.1, 0.15) is 29.5 Å². The maximum Gasteiger partial charge on any atom is 0.0721 e. The molecule has 2 fully saturated rings. The molecule has 2 aliphatic carbocycles. The predicted octanol–water partition coefficient (Wildman–Crippen LogP) is 4.73. The lowest BCUT2D eigenvalue weighted by Crippen LogP contribution is -2.04. The van der Waals surface area contributed by atoms with Crippen LogP contribution in [0.15, 0.2) is 11.4 Å². The maximum atomic E-state index is 6.47. The first-order valence-corrected chi connectivity index (χ1v) is 6.82. The van der Waals surface area contributed by atoms with Gasteiger partial charge in [-0.2, -0.15) is 0 Å². The summed E-state index contributed by atoms with van der Waals surface area (Å²) in [5.41, 5.74) is 0. The molecule has 76 valence electrons. The van der Waals surface area contributed by atoms with Crippen molar-refractivity contribution in [3.8, 4) is 0 Å². The number of hydrogen-bond acceptors (Lipinski definition) is 1. The van der Waals surface area contributed by atoms with Crippen molar-refractivity contribution in [2.75, 3.05) is 0 Å². The van der Waals surface area contributed by atoms with Crippen LogP contribution < -0.4 is 0 Å². The van der Waals surface area contributed by atoms with Crippen LogP contribution in [-0.4, -0.2) is 0 Å². The fourth-order valence-electron chi connectivity index (χ4n) is 2.72. The van der Waals surface area contributed by atoms with Crippen LogP contribution in [0.2, 0.25) is 5.02 Å². The van der Waals surface area contributed by atoms with Crippen LogP contribution in [0, 0.1) is 17.8 Å². The highest BCUT2D eigenvalue weighted by molar-refractivity contribution is 7.11. The molecular formula is C11H12Cl2S. The Balaban J connectivity index is 1.76. The van der Waals surface area contributed by atoms with Crippen molar-refractivity contribution in [3.63, 3.8) is 0 Å². The van der Waals surface area contributed by atoms with Crippen LogP contribution in [0.25, 0.3) is 0 Å². The van der Waals surface area contributed by atoms with Gasteiger partial charge in [0.25, 0.3) is 0 Å². The van der Waals surface area contributed by atoms with Gasteiger partial charge in [-0.25, -0.2) is 0 Å². The molecule has 1 aromatic heterocycles. The first-order chi connectivity index (χ1) is 6.75. The lowest BCUT2D eigenvalue weighted by molar-refractivity contribution is 0.475. The summed E-state index contributed by atoms with van der Waals surface area (Å²) in [6.07, 6.45) is 4.11. The third-order valence-corrected chi connectivity index (χ3v) is 5.73. The highest BCUT2D eigenvalue weighted by atomic mass is 35.5. The molecule has 3 unspecified atom stereocenters. The molecule has 0 N–H and O–H groups in total. The summed E-state index contributed by atoms with van der Waals surface area (Å²) in [5.74, 6) is 2.68. The lowest BCUT2D eigenvalue weighted by Gasteiger charge is -2.17. The van der Waals surface area contributed by atoms with Gasteiger partial charge in [0.1, 0.15) is 0 Å². The van der Waals surface area contributed by atoms with Crippen LogP contribution in [0.5, 0.6) is 0 Å². The summed E-state index contributed by atoms with van der Waals surface area (Å²) in [7, 11) is 0. The molecule has 0 nitrogen and oxygen atoms in total. The van der Waals surface area contributed by atoms with Gasteiger partial charge in [0.15, 0.2) is 0 Å². The van der Waals surface area contributed by atoms with Crippen molar-refractivity contribution >= 4 is 34.5 Å². The van der Waals surface area contributed by atoms with Crippen LogP contribution in [0.3, 0.4) is 0 Å². The summed E-state index contributed by atoms with van der Waals surface area (Å²) in [6.45, 7) is 0. The predicted molar refractivity (Wildman–Crippen MR) is 62.2 cm³/mol. The average Bonchev–Trinajstić information content (AvgIpc) is 2.64. The second-order valence-electron chi connectivity index (χ2n) is 4.52. The van der Waals surface area contributed by atoms with Gasteiger partial charge in [0.05, 0.1) is 10.4 Å². The minimum absolute atomic E-state index is 0.162. The van der Waals surface area contributed by atoms with E-state index in [1.165, 1.54) is 24.1 Å². The average molecular weight is 247 g/mol. The van der Waals surface area contributed by atoms with E-state index < -0.39 is 0 Å². The molecule has 0 saturated heterocycles. The van der Waals surface area contributed by atoms with Gasteiger partial charge in [0.2, 0.25) is 0 Å². The van der Waals surface area contributed by atoms with Gasteiger partial charge >= 0.3 is 0 Å². The van der Waals surface area contributed by atoms with Gasteiger partial charge < -0.3 is 0 Å². The molecule has 3 atom stereocenters. The van der Waals surface area contributed by atoms with E-state index in [2.05, 4.69) is 0 Å². The third-order valence-electron chi connectivity index (χ3n) is 3.59. The SMILES string of the molecule is Clc1ccsc1C(Cl)C1CC2CC2C1. The fraction of sp³-hybridized carbons (Fsp3) is 0.636. The molecule has 3 heteroatoms. The monoisotopic (exact) mass is 246 g/mol. The minimum atomic E-state index is 0.162. The van der Waals surface area contributed by atoms with Crippen LogP contribution in [-0.2, 0) is 0 Å². The quantitative estimate of drug-likeness (QED) is 0.663. The van der Waals surface area contributed by atoms with Crippen LogP contribution >= 0.6 is 34.5 Å². The highest BCUT2D eigenvalue weighted by Gasteiger charge is 2.48. The molecule has 0 radical (unpaired) electrons. The Kier molecular flexibility index (Phi) is 2.31. The van der Waals surface area contributed by atoms with Gasteiger partial charge in [-0.05, 0) is 48.5 Å². The Bertz CT molecular complexity index is 337. The Hall–Kier alpha value is 0.280. The van der Waals surface area contributed by atoms with Gasteiger partial charge in [-0.3, -0.25) is 0 Å². The molecular weight excluding hydrogens is 235 g/mol. The lowest BCUT2D eigenvalue weighted by atomic mass is 9.98. The Morgan fingerprint density at radius 2 is 2.00 bits per heavy atom. The Morgan fingerprint density at radius 3 is 2.57 bits per heavy atom. The number of hydrogen-bond donors (Lipinski definition) is 0. The molecule has 1 heterocycles. The topological polar surface area (TPSA) is 0 Å². The van der Waals surface area contributed by atoms with E-state index in [9.17, 15) is 0 Å². The first-order valence-electron chi connectivity index (χ1n) is 5.12. The third kappa shape index (κ3) is 1.50.